The van der Waals surface area contributed by atoms with Crippen molar-refractivity contribution in [3.8, 4) is 5.75 Å². The van der Waals surface area contributed by atoms with Crippen molar-refractivity contribution in [1.29, 1.82) is 0 Å². The number of likely N-dealkylation sites (tertiary alicyclic amines) is 1. The lowest BCUT2D eigenvalue weighted by Crippen LogP contribution is -2.31. The standard InChI is InChI=1S/C19H21N3O3/c1-22-12-15(10-18(22)23)19(24)21-11-14-5-4-7-17(9-14)25-13-16-6-2-3-8-20-16/h2-9,15H,10-13H2,1H3,(H,21,24). The number of benzene rings is 1. The van der Waals surface area contributed by atoms with Crippen molar-refractivity contribution in [1.82, 2.24) is 15.2 Å². The zero-order valence-electron chi connectivity index (χ0n) is 14.1. The molecule has 6 nitrogen and oxygen atoms in total. The molecular formula is C19H21N3O3. The summed E-state index contributed by atoms with van der Waals surface area (Å²) in [6.07, 6.45) is 2.02. The number of nitrogens with one attached hydrogen (secondary N) is 1. The van der Waals surface area contributed by atoms with Gasteiger partial charge in [0.15, 0.2) is 0 Å². The molecule has 0 spiro atoms. The van der Waals surface area contributed by atoms with Crippen LogP contribution in [0, 0.1) is 5.92 Å². The highest BCUT2D eigenvalue weighted by molar-refractivity contribution is 5.89. The van der Waals surface area contributed by atoms with Gasteiger partial charge in [0, 0.05) is 32.8 Å². The highest BCUT2D eigenvalue weighted by Crippen LogP contribution is 2.17. The Morgan fingerprint density at radius 1 is 1.32 bits per heavy atom. The van der Waals surface area contributed by atoms with Gasteiger partial charge >= 0.3 is 0 Å². The molecule has 1 aliphatic rings. The predicted molar refractivity (Wildman–Crippen MR) is 92.6 cm³/mol. The number of amides is 2. The van der Waals surface area contributed by atoms with E-state index in [9.17, 15) is 9.59 Å². The van der Waals surface area contributed by atoms with E-state index >= 15 is 0 Å². The number of aromatic nitrogens is 1. The topological polar surface area (TPSA) is 71.5 Å². The molecule has 6 heteroatoms. The van der Waals surface area contributed by atoms with Gasteiger partial charge in [-0.3, -0.25) is 14.6 Å². The van der Waals surface area contributed by atoms with Crippen molar-refractivity contribution in [3.05, 3.63) is 59.9 Å². The molecule has 0 aliphatic carbocycles. The summed E-state index contributed by atoms with van der Waals surface area (Å²) >= 11 is 0. The molecule has 1 aromatic heterocycles. The summed E-state index contributed by atoms with van der Waals surface area (Å²) < 4.78 is 5.74. The van der Waals surface area contributed by atoms with Crippen LogP contribution in [0.2, 0.25) is 0 Å². The zero-order chi connectivity index (χ0) is 17.6. The van der Waals surface area contributed by atoms with Crippen LogP contribution < -0.4 is 10.1 Å². The Kier molecular flexibility index (Phi) is 5.28. The van der Waals surface area contributed by atoms with E-state index in [1.165, 1.54) is 0 Å². The summed E-state index contributed by atoms with van der Waals surface area (Å²) in [6.45, 7) is 1.29. The molecule has 0 saturated carbocycles. The second-order valence-electron chi connectivity index (χ2n) is 6.15. The first-order chi connectivity index (χ1) is 12.1. The Morgan fingerprint density at radius 3 is 2.92 bits per heavy atom. The van der Waals surface area contributed by atoms with Gasteiger partial charge < -0.3 is 15.0 Å². The Bertz CT molecular complexity index is 749. The highest BCUT2D eigenvalue weighted by Gasteiger charge is 2.31. The van der Waals surface area contributed by atoms with E-state index in [1.807, 2.05) is 42.5 Å². The number of hydrogen-bond donors (Lipinski definition) is 1. The fourth-order valence-corrected chi connectivity index (χ4v) is 2.76. The van der Waals surface area contributed by atoms with Gasteiger partial charge in [-0.25, -0.2) is 0 Å². The molecular weight excluding hydrogens is 318 g/mol. The van der Waals surface area contributed by atoms with Gasteiger partial charge in [-0.05, 0) is 29.8 Å². The zero-order valence-corrected chi connectivity index (χ0v) is 14.1. The van der Waals surface area contributed by atoms with Crippen molar-refractivity contribution >= 4 is 11.8 Å². The average Bonchev–Trinajstić information content (AvgIpc) is 2.98. The molecule has 25 heavy (non-hydrogen) atoms. The lowest BCUT2D eigenvalue weighted by atomic mass is 10.1. The van der Waals surface area contributed by atoms with E-state index in [2.05, 4.69) is 10.3 Å². The van der Waals surface area contributed by atoms with E-state index in [0.29, 0.717) is 19.7 Å². The van der Waals surface area contributed by atoms with Crippen molar-refractivity contribution in [2.24, 2.45) is 5.92 Å². The molecule has 1 saturated heterocycles. The third-order valence-corrected chi connectivity index (χ3v) is 4.19. The van der Waals surface area contributed by atoms with Gasteiger partial charge in [-0.15, -0.1) is 0 Å². The maximum absolute atomic E-state index is 12.2. The molecule has 0 radical (unpaired) electrons. The normalized spacial score (nSPS) is 16.8. The minimum absolute atomic E-state index is 0.0186. The quantitative estimate of drug-likeness (QED) is 0.870. The average molecular weight is 339 g/mol. The monoisotopic (exact) mass is 339 g/mol. The maximum atomic E-state index is 12.2. The minimum Gasteiger partial charge on any atom is -0.487 e. The number of pyridine rings is 1. The maximum Gasteiger partial charge on any atom is 0.225 e. The predicted octanol–water partition coefficient (Wildman–Crippen LogP) is 1.76. The molecule has 2 aromatic rings. The summed E-state index contributed by atoms with van der Waals surface area (Å²) in [5.41, 5.74) is 1.81. The molecule has 1 aromatic carbocycles. The van der Waals surface area contributed by atoms with Gasteiger partial charge in [-0.1, -0.05) is 18.2 Å². The fraction of sp³-hybridized carbons (Fsp3) is 0.316. The van der Waals surface area contributed by atoms with Crippen LogP contribution in [0.15, 0.2) is 48.7 Å². The molecule has 1 atom stereocenters. The van der Waals surface area contributed by atoms with Crippen molar-refractivity contribution in [2.45, 2.75) is 19.6 Å². The smallest absolute Gasteiger partial charge is 0.225 e. The minimum atomic E-state index is -0.263. The Hall–Kier alpha value is -2.89. The second-order valence-corrected chi connectivity index (χ2v) is 6.15. The van der Waals surface area contributed by atoms with Gasteiger partial charge in [0.05, 0.1) is 11.6 Å². The molecule has 1 unspecified atom stereocenters. The third-order valence-electron chi connectivity index (χ3n) is 4.19. The van der Waals surface area contributed by atoms with E-state index in [1.54, 1.807) is 18.1 Å². The summed E-state index contributed by atoms with van der Waals surface area (Å²) in [5.74, 6) is 0.400. The van der Waals surface area contributed by atoms with Gasteiger partial charge in [0.1, 0.15) is 12.4 Å². The Labute approximate surface area is 146 Å². The molecule has 1 N–H and O–H groups in total. The lowest BCUT2D eigenvalue weighted by molar-refractivity contribution is -0.128. The third kappa shape index (κ3) is 4.56. The molecule has 3 rings (SSSR count). The van der Waals surface area contributed by atoms with Gasteiger partial charge in [0.2, 0.25) is 11.8 Å². The van der Waals surface area contributed by atoms with Crippen molar-refractivity contribution < 1.29 is 14.3 Å². The molecule has 2 amide bonds. The van der Waals surface area contributed by atoms with Gasteiger partial charge in [0.25, 0.3) is 0 Å². The van der Waals surface area contributed by atoms with Crippen LogP contribution in [-0.2, 0) is 22.7 Å². The number of carbonyl (C=O) groups excluding carboxylic acids is 2. The number of nitrogens with zero attached hydrogens (tertiary/aromatic N) is 2. The first-order valence-electron chi connectivity index (χ1n) is 8.25. The SMILES string of the molecule is CN1CC(C(=O)NCc2cccc(OCc3ccccn3)c2)CC1=O. The Balaban J connectivity index is 1.51. The number of ether oxygens (including phenoxy) is 1. The van der Waals surface area contributed by atoms with Crippen LogP contribution >= 0.6 is 0 Å². The second kappa shape index (κ2) is 7.79. The van der Waals surface area contributed by atoms with Crippen LogP contribution in [0.1, 0.15) is 17.7 Å². The molecule has 130 valence electrons. The molecule has 0 bridgehead atoms. The molecule has 1 aliphatic heterocycles. The number of rotatable bonds is 6. The summed E-state index contributed by atoms with van der Waals surface area (Å²) in [4.78, 5) is 29.5. The largest absolute Gasteiger partial charge is 0.487 e. The number of carbonyl (C=O) groups is 2. The number of hydrogen-bond acceptors (Lipinski definition) is 4. The van der Waals surface area contributed by atoms with Crippen LogP contribution in [0.4, 0.5) is 0 Å². The van der Waals surface area contributed by atoms with Crippen LogP contribution in [0.3, 0.4) is 0 Å². The summed E-state index contributed by atoms with van der Waals surface area (Å²) in [5, 5.41) is 2.90. The molecule has 1 fully saturated rings. The van der Waals surface area contributed by atoms with E-state index in [0.717, 1.165) is 17.0 Å². The van der Waals surface area contributed by atoms with Crippen LogP contribution in [-0.4, -0.2) is 35.3 Å². The summed E-state index contributed by atoms with van der Waals surface area (Å²) in [7, 11) is 1.72. The summed E-state index contributed by atoms with van der Waals surface area (Å²) in [6, 6.07) is 13.3. The van der Waals surface area contributed by atoms with E-state index in [-0.39, 0.29) is 24.2 Å². The van der Waals surface area contributed by atoms with E-state index < -0.39 is 0 Å². The van der Waals surface area contributed by atoms with Crippen molar-refractivity contribution in [3.63, 3.8) is 0 Å². The van der Waals surface area contributed by atoms with Crippen LogP contribution in [0.5, 0.6) is 5.75 Å². The first kappa shape index (κ1) is 17.0. The fourth-order valence-electron chi connectivity index (χ4n) is 2.76. The van der Waals surface area contributed by atoms with Gasteiger partial charge in [-0.2, -0.15) is 0 Å². The van der Waals surface area contributed by atoms with Crippen LogP contribution in [0.25, 0.3) is 0 Å². The van der Waals surface area contributed by atoms with Crippen molar-refractivity contribution in [2.75, 3.05) is 13.6 Å². The highest BCUT2D eigenvalue weighted by atomic mass is 16.5. The lowest BCUT2D eigenvalue weighted by Gasteiger charge is -2.12. The van der Waals surface area contributed by atoms with E-state index in [4.69, 9.17) is 4.74 Å². The Morgan fingerprint density at radius 2 is 2.20 bits per heavy atom. The first-order valence-corrected chi connectivity index (χ1v) is 8.25. The molecule has 2 heterocycles.